The van der Waals surface area contributed by atoms with Crippen LogP contribution in [0.1, 0.15) is 35.1 Å². The third-order valence-electron chi connectivity index (χ3n) is 5.30. The monoisotopic (exact) mass is 406 g/mol. The van der Waals surface area contributed by atoms with E-state index in [9.17, 15) is 14.0 Å². The van der Waals surface area contributed by atoms with Gasteiger partial charge in [0.15, 0.2) is 0 Å². The number of urea groups is 1. The number of amides is 2. The lowest BCUT2D eigenvalue weighted by molar-refractivity contribution is 0.205. The topological polar surface area (TPSA) is 78.1 Å². The largest absolute Gasteiger partial charge is 0.322 e. The summed E-state index contributed by atoms with van der Waals surface area (Å²) in [5.41, 5.74) is 3.79. The van der Waals surface area contributed by atoms with Crippen LogP contribution in [0.2, 0.25) is 0 Å². The van der Waals surface area contributed by atoms with Crippen molar-refractivity contribution in [3.05, 3.63) is 92.9 Å². The Hall–Kier alpha value is -3.48. The summed E-state index contributed by atoms with van der Waals surface area (Å²) in [4.78, 5) is 34.2. The molecule has 0 unspecified atom stereocenters. The van der Waals surface area contributed by atoms with Crippen molar-refractivity contribution in [1.29, 1.82) is 0 Å². The Labute approximate surface area is 173 Å². The van der Waals surface area contributed by atoms with Crippen molar-refractivity contribution < 1.29 is 9.18 Å². The molecule has 0 fully saturated rings. The fourth-order valence-electron chi connectivity index (χ4n) is 3.56. The number of nitrogens with zero attached hydrogens (tertiary/aromatic N) is 2. The highest BCUT2D eigenvalue weighted by Gasteiger charge is 2.24. The van der Waals surface area contributed by atoms with E-state index in [1.807, 2.05) is 24.3 Å². The van der Waals surface area contributed by atoms with Gasteiger partial charge in [0.25, 0.3) is 5.56 Å². The molecule has 4 rings (SSSR count). The molecule has 0 saturated heterocycles. The number of hydrogen-bond donors (Lipinski definition) is 2. The number of hydrogen-bond acceptors (Lipinski definition) is 3. The smallest absolute Gasteiger partial charge is 0.320 e. The molecule has 2 amide bonds. The van der Waals surface area contributed by atoms with E-state index >= 15 is 0 Å². The van der Waals surface area contributed by atoms with Crippen molar-refractivity contribution in [1.82, 2.24) is 14.9 Å². The van der Waals surface area contributed by atoms with Crippen LogP contribution < -0.4 is 10.9 Å². The van der Waals surface area contributed by atoms with Crippen molar-refractivity contribution in [3.8, 4) is 0 Å². The van der Waals surface area contributed by atoms with Gasteiger partial charge in [-0.3, -0.25) is 4.79 Å². The number of aryl methyl sites for hydroxylation is 1. The van der Waals surface area contributed by atoms with Crippen LogP contribution in [-0.2, 0) is 25.8 Å². The zero-order valence-electron chi connectivity index (χ0n) is 16.7. The lowest BCUT2D eigenvalue weighted by Gasteiger charge is -2.28. The van der Waals surface area contributed by atoms with Gasteiger partial charge >= 0.3 is 6.03 Å². The minimum Gasteiger partial charge on any atom is -0.320 e. The molecule has 2 N–H and O–H groups in total. The van der Waals surface area contributed by atoms with Gasteiger partial charge in [-0.1, -0.05) is 31.2 Å². The van der Waals surface area contributed by atoms with E-state index < -0.39 is 0 Å². The minimum absolute atomic E-state index is 0.216. The molecule has 2 heterocycles. The number of anilines is 1. The third kappa shape index (κ3) is 4.40. The van der Waals surface area contributed by atoms with E-state index in [-0.39, 0.29) is 24.0 Å². The fraction of sp³-hybridized carbons (Fsp3) is 0.261. The lowest BCUT2D eigenvalue weighted by Crippen LogP contribution is -2.42. The molecule has 0 spiro atoms. The maximum absolute atomic E-state index is 13.1. The molecule has 154 valence electrons. The molecule has 6 nitrogen and oxygen atoms in total. The Morgan fingerprint density at radius 2 is 1.83 bits per heavy atom. The Morgan fingerprint density at radius 1 is 1.13 bits per heavy atom. The Morgan fingerprint density at radius 3 is 2.53 bits per heavy atom. The molecule has 1 aromatic heterocycles. The van der Waals surface area contributed by atoms with Crippen LogP contribution in [0.25, 0.3) is 0 Å². The second kappa shape index (κ2) is 8.49. The Bertz CT molecular complexity index is 1110. The molecular weight excluding hydrogens is 383 g/mol. The van der Waals surface area contributed by atoms with Crippen molar-refractivity contribution in [2.45, 2.75) is 32.7 Å². The number of rotatable bonds is 4. The first-order valence-corrected chi connectivity index (χ1v) is 10.0. The summed E-state index contributed by atoms with van der Waals surface area (Å²) in [7, 11) is 0. The summed E-state index contributed by atoms with van der Waals surface area (Å²) in [5.74, 6) is 0.240. The molecule has 7 heteroatoms. The number of aromatic amines is 1. The van der Waals surface area contributed by atoms with Crippen LogP contribution in [0, 0.1) is 5.82 Å². The second-order valence-corrected chi connectivity index (χ2v) is 7.39. The van der Waals surface area contributed by atoms with Crippen LogP contribution in [0.5, 0.6) is 0 Å². The summed E-state index contributed by atoms with van der Waals surface area (Å²) in [6.45, 7) is 2.78. The highest BCUT2D eigenvalue weighted by molar-refractivity contribution is 5.89. The zero-order chi connectivity index (χ0) is 21.1. The zero-order valence-corrected chi connectivity index (χ0v) is 16.7. The average Bonchev–Trinajstić information content (AvgIpc) is 2.76. The molecule has 0 radical (unpaired) electrons. The average molecular weight is 406 g/mol. The number of nitrogens with one attached hydrogen (secondary N) is 2. The predicted molar refractivity (Wildman–Crippen MR) is 113 cm³/mol. The number of fused-ring (bicyclic) bond motifs is 1. The van der Waals surface area contributed by atoms with Gasteiger partial charge in [-0.05, 0) is 41.8 Å². The highest BCUT2D eigenvalue weighted by Crippen LogP contribution is 2.17. The van der Waals surface area contributed by atoms with Gasteiger partial charge in [0.05, 0.1) is 17.8 Å². The third-order valence-corrected chi connectivity index (χ3v) is 5.30. The molecule has 3 aromatic rings. The first-order valence-electron chi connectivity index (χ1n) is 10.0. The molecule has 1 aliphatic rings. The molecule has 0 saturated carbocycles. The van der Waals surface area contributed by atoms with E-state index in [2.05, 4.69) is 22.2 Å². The lowest BCUT2D eigenvalue weighted by atomic mass is 10.1. The first-order chi connectivity index (χ1) is 14.5. The Kier molecular flexibility index (Phi) is 5.61. The maximum Gasteiger partial charge on any atom is 0.322 e. The quantitative estimate of drug-likeness (QED) is 0.694. The van der Waals surface area contributed by atoms with Gasteiger partial charge in [0.2, 0.25) is 0 Å². The molecule has 0 atom stereocenters. The summed E-state index contributed by atoms with van der Waals surface area (Å²) < 4.78 is 13.1. The summed E-state index contributed by atoms with van der Waals surface area (Å²) in [6.07, 6.45) is 1.87. The second-order valence-electron chi connectivity index (χ2n) is 7.39. The van der Waals surface area contributed by atoms with E-state index in [4.69, 9.17) is 0 Å². The molecule has 2 aromatic carbocycles. The van der Waals surface area contributed by atoms with Gasteiger partial charge in [-0.15, -0.1) is 0 Å². The maximum atomic E-state index is 13.1. The summed E-state index contributed by atoms with van der Waals surface area (Å²) >= 11 is 0. The number of H-pyrrole nitrogens is 1. The molecule has 0 aliphatic carbocycles. The standard InChI is InChI=1S/C23H23FN4O2/c1-2-15-5-9-18(10-6-15)25-23(30)28-12-11-20-19(14-28)22(29)27-21(26-20)13-16-3-7-17(24)8-4-16/h3-10H,2,11-14H2,1H3,(H,25,30)(H,26,27,29). The fourth-order valence-corrected chi connectivity index (χ4v) is 3.56. The molecule has 0 bridgehead atoms. The summed E-state index contributed by atoms with van der Waals surface area (Å²) in [6, 6.07) is 13.6. The number of carbonyl (C=O) groups is 1. The van der Waals surface area contributed by atoms with Crippen molar-refractivity contribution >= 4 is 11.7 Å². The normalized spacial score (nSPS) is 13.1. The van der Waals surface area contributed by atoms with E-state index in [1.165, 1.54) is 17.7 Å². The SMILES string of the molecule is CCc1ccc(NC(=O)N2CCc3nc(Cc4ccc(F)cc4)[nH]c(=O)c3C2)cc1. The van der Waals surface area contributed by atoms with Gasteiger partial charge in [-0.25, -0.2) is 14.2 Å². The predicted octanol–water partition coefficient (Wildman–Crippen LogP) is 3.65. The van der Waals surface area contributed by atoms with Crippen molar-refractivity contribution in [2.24, 2.45) is 0 Å². The molecule has 1 aliphatic heterocycles. The summed E-state index contributed by atoms with van der Waals surface area (Å²) in [5, 5.41) is 2.89. The van der Waals surface area contributed by atoms with Crippen LogP contribution >= 0.6 is 0 Å². The van der Waals surface area contributed by atoms with Crippen molar-refractivity contribution in [3.63, 3.8) is 0 Å². The van der Waals surface area contributed by atoms with Crippen LogP contribution in [0.15, 0.2) is 53.3 Å². The van der Waals surface area contributed by atoms with Gasteiger partial charge in [0, 0.05) is 25.1 Å². The van der Waals surface area contributed by atoms with Crippen molar-refractivity contribution in [2.75, 3.05) is 11.9 Å². The number of carbonyl (C=O) groups excluding carboxylic acids is 1. The van der Waals surface area contributed by atoms with Crippen LogP contribution in [-0.4, -0.2) is 27.4 Å². The van der Waals surface area contributed by atoms with Gasteiger partial charge < -0.3 is 15.2 Å². The number of halogens is 1. The first kappa shape index (κ1) is 19.8. The Balaban J connectivity index is 1.46. The molecule has 30 heavy (non-hydrogen) atoms. The number of benzene rings is 2. The minimum atomic E-state index is -0.301. The highest BCUT2D eigenvalue weighted by atomic mass is 19.1. The van der Waals surface area contributed by atoms with Crippen LogP contribution in [0.3, 0.4) is 0 Å². The van der Waals surface area contributed by atoms with Gasteiger partial charge in [-0.2, -0.15) is 0 Å². The van der Waals surface area contributed by atoms with E-state index in [1.54, 1.807) is 17.0 Å². The van der Waals surface area contributed by atoms with Crippen LogP contribution in [0.4, 0.5) is 14.9 Å². The van der Waals surface area contributed by atoms with Gasteiger partial charge in [0.1, 0.15) is 11.6 Å². The molecular formula is C23H23FN4O2. The van der Waals surface area contributed by atoms with E-state index in [0.717, 1.165) is 17.7 Å². The van der Waals surface area contributed by atoms with E-state index in [0.29, 0.717) is 36.5 Å². The number of aromatic nitrogens is 2.